The van der Waals surface area contributed by atoms with Crippen molar-refractivity contribution < 1.29 is 4.74 Å². The summed E-state index contributed by atoms with van der Waals surface area (Å²) < 4.78 is 9.87. The highest BCUT2D eigenvalue weighted by Crippen LogP contribution is 2.65. The molecule has 72 heavy (non-hydrogen) atoms. The van der Waals surface area contributed by atoms with E-state index in [1.165, 1.54) is 81.4 Å². The Morgan fingerprint density at radius 3 is 1.57 bits per heavy atom. The van der Waals surface area contributed by atoms with Gasteiger partial charge in [-0.05, 0) is 109 Å². The van der Waals surface area contributed by atoms with Crippen LogP contribution < -0.4 is 9.64 Å². The lowest BCUT2D eigenvalue weighted by molar-refractivity contribution is 0.447. The standard InChI is InChI=1S/C69H43NOS/c1-2-15-45(16-3-1)52-19-9-12-27-63(52)70(50-36-29-44(30-37-50)49-35-42-65-58(43-49)56-22-10-13-28-64(56)72-65)51-38-31-48(32-39-51)53-24-14-26-60-66(53)57-23-8-11-25-59(57)69(60)61-40-33-46-17-4-6-20-54(46)67(61)71-68-55-21-7-5-18-47(55)34-41-62(68)69/h1-43H. The molecule has 1 aliphatic heterocycles. The summed E-state index contributed by atoms with van der Waals surface area (Å²) in [5.41, 5.74) is 17.2. The van der Waals surface area contributed by atoms with E-state index in [2.05, 4.69) is 266 Å². The number of rotatable bonds is 6. The van der Waals surface area contributed by atoms with E-state index in [0.29, 0.717) is 0 Å². The Labute approximate surface area is 421 Å². The molecular weight excluding hydrogens is 891 g/mol. The van der Waals surface area contributed by atoms with Gasteiger partial charge >= 0.3 is 0 Å². The van der Waals surface area contributed by atoms with E-state index in [9.17, 15) is 0 Å². The normalized spacial score (nSPS) is 12.9. The maximum atomic E-state index is 7.23. The van der Waals surface area contributed by atoms with Crippen molar-refractivity contribution in [3.05, 3.63) is 283 Å². The van der Waals surface area contributed by atoms with Gasteiger partial charge in [0.15, 0.2) is 0 Å². The Morgan fingerprint density at radius 1 is 0.319 bits per heavy atom. The molecule has 2 nitrogen and oxygen atoms in total. The molecule has 0 atom stereocenters. The maximum absolute atomic E-state index is 7.23. The summed E-state index contributed by atoms with van der Waals surface area (Å²) in [5, 5.41) is 7.18. The van der Waals surface area contributed by atoms with Gasteiger partial charge < -0.3 is 9.64 Å². The first kappa shape index (κ1) is 40.8. The Hall–Kier alpha value is -9.02. The van der Waals surface area contributed by atoms with Crippen LogP contribution in [0.5, 0.6) is 11.5 Å². The molecule has 0 radical (unpaired) electrons. The second kappa shape index (κ2) is 16.0. The molecule has 0 saturated carbocycles. The van der Waals surface area contributed by atoms with Crippen LogP contribution in [0, 0.1) is 0 Å². The maximum Gasteiger partial charge on any atom is 0.140 e. The molecule has 3 heteroatoms. The second-order valence-corrected chi connectivity index (χ2v) is 20.2. The lowest BCUT2D eigenvalue weighted by Gasteiger charge is -2.40. The monoisotopic (exact) mass is 933 g/mol. The zero-order valence-electron chi connectivity index (χ0n) is 39.1. The van der Waals surface area contributed by atoms with Gasteiger partial charge in [0, 0.05) is 59.0 Å². The van der Waals surface area contributed by atoms with E-state index in [1.54, 1.807) is 0 Å². The molecule has 2 aliphatic rings. The molecule has 0 unspecified atom stereocenters. The molecule has 1 aromatic heterocycles. The number of para-hydroxylation sites is 1. The van der Waals surface area contributed by atoms with Crippen LogP contribution in [-0.4, -0.2) is 0 Å². The average molecular weight is 934 g/mol. The topological polar surface area (TPSA) is 12.5 Å². The van der Waals surface area contributed by atoms with Crippen LogP contribution in [0.3, 0.4) is 0 Å². The van der Waals surface area contributed by atoms with Crippen LogP contribution in [0.2, 0.25) is 0 Å². The second-order valence-electron chi connectivity index (χ2n) is 19.1. The summed E-state index contributed by atoms with van der Waals surface area (Å²) in [5.74, 6) is 1.85. The quantitative estimate of drug-likeness (QED) is 0.165. The number of fused-ring (bicyclic) bond motifs is 16. The lowest BCUT2D eigenvalue weighted by atomic mass is 9.65. The van der Waals surface area contributed by atoms with Gasteiger partial charge in [0.2, 0.25) is 0 Å². The van der Waals surface area contributed by atoms with E-state index in [4.69, 9.17) is 4.74 Å². The smallest absolute Gasteiger partial charge is 0.140 e. The average Bonchev–Trinajstić information content (AvgIpc) is 3.97. The van der Waals surface area contributed by atoms with Crippen LogP contribution in [0.4, 0.5) is 17.1 Å². The third-order valence-corrected chi connectivity index (χ3v) is 16.5. The molecule has 336 valence electrons. The minimum atomic E-state index is -0.619. The van der Waals surface area contributed by atoms with Gasteiger partial charge in [-0.2, -0.15) is 0 Å². The molecule has 2 heterocycles. The predicted molar refractivity (Wildman–Crippen MR) is 303 cm³/mol. The van der Waals surface area contributed by atoms with Gasteiger partial charge in [-0.25, -0.2) is 0 Å². The molecule has 1 aliphatic carbocycles. The first-order valence-electron chi connectivity index (χ1n) is 24.7. The van der Waals surface area contributed by atoms with E-state index in [-0.39, 0.29) is 0 Å². The SMILES string of the molecule is c1ccc(-c2ccccc2N(c2ccc(-c3ccc4sc5ccccc5c4c3)cc2)c2ccc(-c3cccc4c3-c3ccccc3C43c4ccc5ccccc5c4Oc4c3ccc3ccccc43)cc2)cc1. The van der Waals surface area contributed by atoms with Gasteiger partial charge in [-0.1, -0.05) is 212 Å². The largest absolute Gasteiger partial charge is 0.455 e. The van der Waals surface area contributed by atoms with Crippen molar-refractivity contribution in [2.45, 2.75) is 5.41 Å². The number of anilines is 3. The van der Waals surface area contributed by atoms with Crippen molar-refractivity contribution in [3.8, 4) is 56.0 Å². The number of ether oxygens (including phenoxy) is 1. The van der Waals surface area contributed by atoms with Crippen molar-refractivity contribution in [1.82, 2.24) is 0 Å². The Bertz CT molecular complexity index is 4220. The molecule has 15 rings (SSSR count). The minimum absolute atomic E-state index is 0.619. The summed E-state index contributed by atoms with van der Waals surface area (Å²) in [6.07, 6.45) is 0. The molecule has 13 aromatic rings. The number of hydrogen-bond acceptors (Lipinski definition) is 3. The minimum Gasteiger partial charge on any atom is -0.455 e. The molecule has 12 aromatic carbocycles. The summed E-state index contributed by atoms with van der Waals surface area (Å²) in [6.45, 7) is 0. The molecule has 1 spiro atoms. The Morgan fingerprint density at radius 2 is 0.847 bits per heavy atom. The van der Waals surface area contributed by atoms with Crippen molar-refractivity contribution in [2.24, 2.45) is 0 Å². The first-order chi connectivity index (χ1) is 35.7. The zero-order chi connectivity index (χ0) is 47.3. The third-order valence-electron chi connectivity index (χ3n) is 15.3. The van der Waals surface area contributed by atoms with Crippen LogP contribution in [0.15, 0.2) is 261 Å². The number of nitrogens with zero attached hydrogens (tertiary/aromatic N) is 1. The van der Waals surface area contributed by atoms with Gasteiger partial charge in [-0.15, -0.1) is 11.3 Å². The Balaban J connectivity index is 0.890. The van der Waals surface area contributed by atoms with Crippen LogP contribution in [0.1, 0.15) is 22.3 Å². The molecule has 0 bridgehead atoms. The predicted octanol–water partition coefficient (Wildman–Crippen LogP) is 19.3. The molecule has 0 saturated heterocycles. The van der Waals surface area contributed by atoms with Crippen LogP contribution in [0.25, 0.3) is 86.2 Å². The fraction of sp³-hybridized carbons (Fsp3) is 0.0145. The van der Waals surface area contributed by atoms with E-state index >= 15 is 0 Å². The van der Waals surface area contributed by atoms with Crippen molar-refractivity contribution >= 4 is 70.1 Å². The summed E-state index contributed by atoms with van der Waals surface area (Å²) in [7, 11) is 0. The highest BCUT2D eigenvalue weighted by atomic mass is 32.1. The molecule has 0 fully saturated rings. The summed E-state index contributed by atoms with van der Waals surface area (Å²) in [6, 6.07) is 95.9. The molecule has 0 N–H and O–H groups in total. The van der Waals surface area contributed by atoms with Crippen molar-refractivity contribution in [3.63, 3.8) is 0 Å². The summed E-state index contributed by atoms with van der Waals surface area (Å²) >= 11 is 1.86. The number of hydrogen-bond donors (Lipinski definition) is 0. The van der Waals surface area contributed by atoms with Crippen LogP contribution >= 0.6 is 11.3 Å². The third kappa shape index (κ3) is 6.01. The first-order valence-corrected chi connectivity index (χ1v) is 25.5. The molecular formula is C69H43NOS. The van der Waals surface area contributed by atoms with E-state index in [1.807, 2.05) is 11.3 Å². The van der Waals surface area contributed by atoms with Gasteiger partial charge in [0.25, 0.3) is 0 Å². The number of benzene rings is 12. The van der Waals surface area contributed by atoms with Gasteiger partial charge in [0.1, 0.15) is 11.5 Å². The fourth-order valence-corrected chi connectivity index (χ4v) is 13.2. The van der Waals surface area contributed by atoms with E-state index in [0.717, 1.165) is 55.7 Å². The summed E-state index contributed by atoms with van der Waals surface area (Å²) in [4.78, 5) is 2.41. The van der Waals surface area contributed by atoms with Gasteiger partial charge in [-0.3, -0.25) is 0 Å². The van der Waals surface area contributed by atoms with Crippen molar-refractivity contribution in [2.75, 3.05) is 4.90 Å². The zero-order valence-corrected chi connectivity index (χ0v) is 39.9. The number of thiophene rings is 1. The molecule has 0 amide bonds. The van der Waals surface area contributed by atoms with Gasteiger partial charge in [0.05, 0.1) is 11.1 Å². The highest BCUT2D eigenvalue weighted by molar-refractivity contribution is 7.25. The van der Waals surface area contributed by atoms with Crippen LogP contribution in [-0.2, 0) is 5.41 Å². The fourth-order valence-electron chi connectivity index (χ4n) is 12.1. The highest BCUT2D eigenvalue weighted by Gasteiger charge is 2.52. The Kier molecular flexibility index (Phi) is 9.08. The lowest BCUT2D eigenvalue weighted by Crippen LogP contribution is -2.32. The van der Waals surface area contributed by atoms with E-state index < -0.39 is 5.41 Å². The van der Waals surface area contributed by atoms with Crippen molar-refractivity contribution in [1.29, 1.82) is 0 Å².